The van der Waals surface area contributed by atoms with Crippen LogP contribution in [-0.4, -0.2) is 34.5 Å². The molecule has 9 nitrogen and oxygen atoms in total. The molecule has 0 saturated heterocycles. The molecule has 2 rings (SSSR count). The third-order valence-electron chi connectivity index (χ3n) is 3.55. The van der Waals surface area contributed by atoms with Gasteiger partial charge >= 0.3 is 11.7 Å². The molecule has 0 fully saturated rings. The number of esters is 1. The van der Waals surface area contributed by atoms with Gasteiger partial charge in [-0.1, -0.05) is 6.92 Å². The van der Waals surface area contributed by atoms with Gasteiger partial charge in [-0.2, -0.15) is 0 Å². The second-order valence-corrected chi connectivity index (χ2v) is 5.45. The molecule has 0 aliphatic carbocycles. The van der Waals surface area contributed by atoms with Crippen LogP contribution in [-0.2, 0) is 11.8 Å². The molecular weight excluding hydrogens is 342 g/mol. The second-order valence-electron chi connectivity index (χ2n) is 5.45. The summed E-state index contributed by atoms with van der Waals surface area (Å²) in [6.45, 7) is 1.86. The first-order valence-corrected chi connectivity index (χ1v) is 7.87. The molecule has 138 valence electrons. The number of carbonyl (C=O) groups excluding carboxylic acids is 2. The summed E-state index contributed by atoms with van der Waals surface area (Å²) >= 11 is 0. The number of ketones is 1. The number of nitrogens with one attached hydrogen (secondary N) is 1. The number of nitrogens with two attached hydrogens (primary N) is 1. The summed E-state index contributed by atoms with van der Waals surface area (Å²) in [5.74, 6) is -1.22. The maximum absolute atomic E-state index is 12.1. The van der Waals surface area contributed by atoms with Crippen molar-refractivity contribution >= 4 is 17.6 Å². The van der Waals surface area contributed by atoms with E-state index in [0.717, 1.165) is 11.0 Å². The van der Waals surface area contributed by atoms with E-state index in [2.05, 4.69) is 0 Å². The number of nitrogens with zero attached hydrogens (tertiary/aromatic N) is 1. The number of nitrogen functional groups attached to an aromatic ring is 1. The van der Waals surface area contributed by atoms with E-state index in [1.54, 1.807) is 12.1 Å². The maximum atomic E-state index is 12.1. The summed E-state index contributed by atoms with van der Waals surface area (Å²) in [5, 5.41) is 0. The Labute approximate surface area is 148 Å². The molecule has 0 spiro atoms. The van der Waals surface area contributed by atoms with E-state index < -0.39 is 35.2 Å². The highest BCUT2D eigenvalue weighted by molar-refractivity contribution is 6.02. The number of aromatic nitrogens is 2. The minimum absolute atomic E-state index is 0.226. The Hall–Kier alpha value is -3.36. The van der Waals surface area contributed by atoms with Gasteiger partial charge in [-0.15, -0.1) is 0 Å². The number of Topliss-reactive ketones (excluding diaryl/α,β-unsaturated/α-hetero) is 1. The molecule has 0 amide bonds. The Morgan fingerprint density at radius 1 is 1.19 bits per heavy atom. The number of hydrogen-bond acceptors (Lipinski definition) is 7. The van der Waals surface area contributed by atoms with Crippen molar-refractivity contribution in [3.05, 3.63) is 56.2 Å². The molecule has 0 aliphatic heterocycles. The standard InChI is InChI=1S/C17H19N3O6/c1-3-8-25-11-6-4-10(5-7-11)16(23)26-9-12(21)13-14(18)20(2)17(24)19-15(13)22/h4-7H,3,8-9,18H2,1-2H3,(H,19,22,24). The molecule has 3 N–H and O–H groups in total. The molecular formula is C17H19N3O6. The fraction of sp³-hybridized carbons (Fsp3) is 0.294. The number of anilines is 1. The summed E-state index contributed by atoms with van der Waals surface area (Å²) in [7, 11) is 1.30. The third kappa shape index (κ3) is 4.18. The van der Waals surface area contributed by atoms with Crippen molar-refractivity contribution in [2.24, 2.45) is 7.05 Å². The largest absolute Gasteiger partial charge is 0.494 e. The Morgan fingerprint density at radius 3 is 2.46 bits per heavy atom. The van der Waals surface area contributed by atoms with Gasteiger partial charge in [0.05, 0.1) is 12.2 Å². The van der Waals surface area contributed by atoms with Crippen LogP contribution in [0.25, 0.3) is 0 Å². The number of aromatic amines is 1. The van der Waals surface area contributed by atoms with E-state index in [-0.39, 0.29) is 11.4 Å². The van der Waals surface area contributed by atoms with Crippen LogP contribution in [0.3, 0.4) is 0 Å². The zero-order chi connectivity index (χ0) is 19.3. The molecule has 0 unspecified atom stereocenters. The topological polar surface area (TPSA) is 133 Å². The summed E-state index contributed by atoms with van der Waals surface area (Å²) < 4.78 is 11.2. The van der Waals surface area contributed by atoms with E-state index in [1.807, 2.05) is 11.9 Å². The number of rotatable bonds is 7. The van der Waals surface area contributed by atoms with Crippen LogP contribution >= 0.6 is 0 Å². The quantitative estimate of drug-likeness (QED) is 0.541. The van der Waals surface area contributed by atoms with Gasteiger partial charge < -0.3 is 15.2 Å². The van der Waals surface area contributed by atoms with Crippen LogP contribution in [0.5, 0.6) is 5.75 Å². The van der Waals surface area contributed by atoms with Gasteiger partial charge in [-0.25, -0.2) is 9.59 Å². The average Bonchev–Trinajstić information content (AvgIpc) is 2.63. The van der Waals surface area contributed by atoms with Gasteiger partial charge in [-0.3, -0.25) is 19.1 Å². The van der Waals surface area contributed by atoms with Gasteiger partial charge in [0.1, 0.15) is 17.1 Å². The normalized spacial score (nSPS) is 10.4. The van der Waals surface area contributed by atoms with Crippen molar-refractivity contribution < 1.29 is 19.1 Å². The zero-order valence-corrected chi connectivity index (χ0v) is 14.4. The lowest BCUT2D eigenvalue weighted by molar-refractivity contribution is 0.0474. The van der Waals surface area contributed by atoms with Gasteiger partial charge in [0.2, 0.25) is 5.78 Å². The number of H-pyrrole nitrogens is 1. The molecule has 1 aromatic heterocycles. The molecule has 0 atom stereocenters. The molecule has 1 aromatic carbocycles. The van der Waals surface area contributed by atoms with E-state index >= 15 is 0 Å². The Kier molecular flexibility index (Phi) is 5.94. The van der Waals surface area contributed by atoms with Crippen molar-refractivity contribution in [3.63, 3.8) is 0 Å². The zero-order valence-electron chi connectivity index (χ0n) is 14.4. The smallest absolute Gasteiger partial charge is 0.338 e. The molecule has 26 heavy (non-hydrogen) atoms. The first-order chi connectivity index (χ1) is 12.3. The van der Waals surface area contributed by atoms with Crippen molar-refractivity contribution in [2.75, 3.05) is 18.9 Å². The Bertz CT molecular complexity index is 927. The highest BCUT2D eigenvalue weighted by atomic mass is 16.5. The highest BCUT2D eigenvalue weighted by Gasteiger charge is 2.20. The minimum atomic E-state index is -0.927. The van der Waals surface area contributed by atoms with Gasteiger partial charge in [0.25, 0.3) is 5.56 Å². The van der Waals surface area contributed by atoms with Crippen molar-refractivity contribution in [1.82, 2.24) is 9.55 Å². The molecule has 0 saturated carbocycles. The van der Waals surface area contributed by atoms with E-state index in [0.29, 0.717) is 12.4 Å². The predicted molar refractivity (Wildman–Crippen MR) is 93.6 cm³/mol. The highest BCUT2D eigenvalue weighted by Crippen LogP contribution is 2.13. The summed E-state index contributed by atoms with van der Waals surface area (Å²) in [5.41, 5.74) is 3.75. The molecule has 0 bridgehead atoms. The Morgan fingerprint density at radius 2 is 1.85 bits per heavy atom. The lowest BCUT2D eigenvalue weighted by Crippen LogP contribution is -2.35. The van der Waals surface area contributed by atoms with Crippen LogP contribution in [0.2, 0.25) is 0 Å². The first kappa shape index (κ1) is 19.0. The van der Waals surface area contributed by atoms with Crippen LogP contribution in [0.15, 0.2) is 33.9 Å². The van der Waals surface area contributed by atoms with Gasteiger partial charge in [0, 0.05) is 7.05 Å². The molecule has 0 aliphatic rings. The van der Waals surface area contributed by atoms with E-state index in [4.69, 9.17) is 15.2 Å². The summed E-state index contributed by atoms with van der Waals surface area (Å²) in [6, 6.07) is 6.24. The maximum Gasteiger partial charge on any atom is 0.338 e. The van der Waals surface area contributed by atoms with Crippen molar-refractivity contribution in [1.29, 1.82) is 0 Å². The van der Waals surface area contributed by atoms with Crippen molar-refractivity contribution in [2.45, 2.75) is 13.3 Å². The average molecular weight is 361 g/mol. The van der Waals surface area contributed by atoms with Gasteiger partial charge in [-0.05, 0) is 30.7 Å². The number of ether oxygens (including phenoxy) is 2. The molecule has 1 heterocycles. The number of benzene rings is 1. The van der Waals surface area contributed by atoms with Crippen LogP contribution in [0.1, 0.15) is 34.1 Å². The van der Waals surface area contributed by atoms with Crippen molar-refractivity contribution in [3.8, 4) is 5.75 Å². The molecule has 2 aromatic rings. The molecule has 9 heteroatoms. The lowest BCUT2D eigenvalue weighted by Gasteiger charge is -2.09. The third-order valence-corrected chi connectivity index (χ3v) is 3.55. The summed E-state index contributed by atoms with van der Waals surface area (Å²) in [6.07, 6.45) is 0.860. The Balaban J connectivity index is 2.06. The van der Waals surface area contributed by atoms with Gasteiger partial charge in [0.15, 0.2) is 6.61 Å². The predicted octanol–water partition coefficient (Wildman–Crippen LogP) is 0.484. The lowest BCUT2D eigenvalue weighted by atomic mass is 10.2. The fourth-order valence-electron chi connectivity index (χ4n) is 2.10. The van der Waals surface area contributed by atoms with Crippen LogP contribution < -0.4 is 21.7 Å². The first-order valence-electron chi connectivity index (χ1n) is 7.87. The number of hydrogen-bond donors (Lipinski definition) is 2. The van der Waals surface area contributed by atoms with E-state index in [9.17, 15) is 19.2 Å². The number of carbonyl (C=O) groups is 2. The SMILES string of the molecule is CCCOc1ccc(C(=O)OCC(=O)c2c(N)n(C)c(=O)[nH]c2=O)cc1. The fourth-order valence-corrected chi connectivity index (χ4v) is 2.10. The second kappa shape index (κ2) is 8.15. The molecule has 0 radical (unpaired) electrons. The monoisotopic (exact) mass is 361 g/mol. The van der Waals surface area contributed by atoms with E-state index in [1.165, 1.54) is 19.2 Å². The summed E-state index contributed by atoms with van der Waals surface area (Å²) in [4.78, 5) is 49.3. The van der Waals surface area contributed by atoms with Crippen LogP contribution in [0.4, 0.5) is 5.82 Å². The minimum Gasteiger partial charge on any atom is -0.494 e. The van der Waals surface area contributed by atoms with Crippen LogP contribution in [0, 0.1) is 0 Å².